The lowest BCUT2D eigenvalue weighted by Crippen LogP contribution is -2.25. The number of fused-ring (bicyclic) bond motifs is 2. The predicted octanol–water partition coefficient (Wildman–Crippen LogP) is 6.16. The number of hydrogen-bond acceptors (Lipinski definition) is 1. The third-order valence-corrected chi connectivity index (χ3v) is 5.34. The molecule has 4 aromatic rings. The number of para-hydroxylation sites is 2. The zero-order valence-electron chi connectivity index (χ0n) is 15.3. The Morgan fingerprint density at radius 1 is 0.571 bits per heavy atom. The Morgan fingerprint density at radius 3 is 1.89 bits per heavy atom. The van der Waals surface area contributed by atoms with E-state index in [4.69, 9.17) is 0 Å². The first kappa shape index (κ1) is 16.5. The number of rotatable bonds is 2. The smallest absolute Gasteiger partial charge is 0.263 e. The number of carbonyl (C=O) groups excluding carboxylic acids is 1. The molecule has 134 valence electrons. The van der Waals surface area contributed by atoms with Gasteiger partial charge in [-0.1, -0.05) is 84.9 Å². The summed E-state index contributed by atoms with van der Waals surface area (Å²) in [6, 6.07) is 36.5. The second kappa shape index (κ2) is 6.82. The molecule has 1 aliphatic rings. The maximum Gasteiger partial charge on any atom is 0.263 e. The van der Waals surface area contributed by atoms with E-state index in [1.54, 1.807) is 0 Å². The SMILES string of the molecule is O=C1c2ccccc2C(c2ccccc2)c2ccccc2N1c1ccccc1. The Hall–Kier alpha value is -3.65. The average molecular weight is 361 g/mol. The molecule has 1 aliphatic heterocycles. The van der Waals surface area contributed by atoms with E-state index in [0.717, 1.165) is 28.1 Å². The minimum Gasteiger partial charge on any atom is -0.277 e. The Morgan fingerprint density at radius 2 is 1.14 bits per heavy atom. The van der Waals surface area contributed by atoms with Gasteiger partial charge in [0.1, 0.15) is 0 Å². The highest BCUT2D eigenvalue weighted by Crippen LogP contribution is 2.44. The molecule has 0 fully saturated rings. The molecule has 0 bridgehead atoms. The van der Waals surface area contributed by atoms with Crippen molar-refractivity contribution < 1.29 is 4.79 Å². The fourth-order valence-electron chi connectivity index (χ4n) is 4.11. The van der Waals surface area contributed by atoms with Gasteiger partial charge in [0.2, 0.25) is 0 Å². The summed E-state index contributed by atoms with van der Waals surface area (Å²) in [6.07, 6.45) is 0. The van der Waals surface area contributed by atoms with Crippen LogP contribution in [-0.2, 0) is 0 Å². The fourth-order valence-corrected chi connectivity index (χ4v) is 4.11. The minimum absolute atomic E-state index is 0.00580. The third-order valence-electron chi connectivity index (χ3n) is 5.34. The van der Waals surface area contributed by atoms with Gasteiger partial charge >= 0.3 is 0 Å². The minimum atomic E-state index is 0.00580. The number of hydrogen-bond donors (Lipinski definition) is 0. The Labute approximate surface area is 164 Å². The highest BCUT2D eigenvalue weighted by Gasteiger charge is 2.33. The van der Waals surface area contributed by atoms with E-state index in [9.17, 15) is 4.79 Å². The number of carbonyl (C=O) groups is 1. The molecule has 1 heterocycles. The van der Waals surface area contributed by atoms with Crippen LogP contribution in [0.15, 0.2) is 109 Å². The maximum atomic E-state index is 13.7. The summed E-state index contributed by atoms with van der Waals surface area (Å²) in [5.74, 6) is 0.0129. The first-order valence-electron chi connectivity index (χ1n) is 9.47. The van der Waals surface area contributed by atoms with Crippen molar-refractivity contribution in [3.05, 3.63) is 131 Å². The lowest BCUT2D eigenvalue weighted by Gasteiger charge is -2.24. The molecule has 2 nitrogen and oxygen atoms in total. The molecule has 1 amide bonds. The van der Waals surface area contributed by atoms with Crippen LogP contribution in [0.2, 0.25) is 0 Å². The van der Waals surface area contributed by atoms with E-state index in [1.807, 2.05) is 71.6 Å². The van der Waals surface area contributed by atoms with Crippen molar-refractivity contribution in [2.24, 2.45) is 0 Å². The van der Waals surface area contributed by atoms with Crippen LogP contribution >= 0.6 is 0 Å². The molecule has 0 saturated heterocycles. The van der Waals surface area contributed by atoms with Crippen molar-refractivity contribution in [2.75, 3.05) is 4.90 Å². The molecule has 0 aromatic heterocycles. The van der Waals surface area contributed by atoms with Gasteiger partial charge in [-0.05, 0) is 41.0 Å². The van der Waals surface area contributed by atoms with Gasteiger partial charge in [-0.25, -0.2) is 0 Å². The maximum absolute atomic E-state index is 13.7. The molecule has 0 N–H and O–H groups in total. The van der Waals surface area contributed by atoms with E-state index < -0.39 is 0 Å². The van der Waals surface area contributed by atoms with Crippen LogP contribution in [0.5, 0.6) is 0 Å². The van der Waals surface area contributed by atoms with Crippen molar-refractivity contribution >= 4 is 17.3 Å². The average Bonchev–Trinajstić information content (AvgIpc) is 2.87. The van der Waals surface area contributed by atoms with Gasteiger partial charge in [0.15, 0.2) is 0 Å². The molecular formula is C26H19NO. The van der Waals surface area contributed by atoms with Gasteiger partial charge in [0.25, 0.3) is 5.91 Å². The van der Waals surface area contributed by atoms with Crippen molar-refractivity contribution in [1.82, 2.24) is 0 Å². The summed E-state index contributed by atoms with van der Waals surface area (Å²) < 4.78 is 0. The normalized spacial score (nSPS) is 15.5. The largest absolute Gasteiger partial charge is 0.277 e. The number of anilines is 2. The van der Waals surface area contributed by atoms with Gasteiger partial charge < -0.3 is 0 Å². The molecule has 5 rings (SSSR count). The van der Waals surface area contributed by atoms with E-state index in [2.05, 4.69) is 42.5 Å². The summed E-state index contributed by atoms with van der Waals surface area (Å²) in [4.78, 5) is 15.5. The summed E-state index contributed by atoms with van der Waals surface area (Å²) in [5, 5.41) is 0. The van der Waals surface area contributed by atoms with Crippen LogP contribution in [-0.4, -0.2) is 5.91 Å². The summed E-state index contributed by atoms with van der Waals surface area (Å²) >= 11 is 0. The van der Waals surface area contributed by atoms with Gasteiger partial charge in [0.05, 0.1) is 5.69 Å². The molecule has 1 atom stereocenters. The van der Waals surface area contributed by atoms with Crippen LogP contribution in [0, 0.1) is 0 Å². The summed E-state index contributed by atoms with van der Waals surface area (Å²) in [6.45, 7) is 0. The van der Waals surface area contributed by atoms with Crippen molar-refractivity contribution in [2.45, 2.75) is 5.92 Å². The van der Waals surface area contributed by atoms with Crippen molar-refractivity contribution in [3.63, 3.8) is 0 Å². The predicted molar refractivity (Wildman–Crippen MR) is 113 cm³/mol. The zero-order chi connectivity index (χ0) is 18.9. The Balaban J connectivity index is 1.84. The lowest BCUT2D eigenvalue weighted by molar-refractivity contribution is 0.0999. The molecule has 4 aromatic carbocycles. The number of nitrogens with zero attached hydrogens (tertiary/aromatic N) is 1. The fraction of sp³-hybridized carbons (Fsp3) is 0.0385. The summed E-state index contributed by atoms with van der Waals surface area (Å²) in [5.41, 5.74) is 5.93. The molecule has 0 radical (unpaired) electrons. The van der Waals surface area contributed by atoms with Crippen LogP contribution in [0.1, 0.15) is 33.0 Å². The van der Waals surface area contributed by atoms with Gasteiger partial charge in [0, 0.05) is 17.2 Å². The lowest BCUT2D eigenvalue weighted by atomic mass is 9.83. The topological polar surface area (TPSA) is 20.3 Å². The van der Waals surface area contributed by atoms with E-state index in [-0.39, 0.29) is 11.8 Å². The second-order valence-electron chi connectivity index (χ2n) is 6.97. The van der Waals surface area contributed by atoms with Gasteiger partial charge in [-0.15, -0.1) is 0 Å². The van der Waals surface area contributed by atoms with Crippen LogP contribution in [0.4, 0.5) is 11.4 Å². The molecule has 28 heavy (non-hydrogen) atoms. The first-order valence-corrected chi connectivity index (χ1v) is 9.47. The standard InChI is InChI=1S/C26H19NO/c28-26-22-16-8-7-15-21(22)25(19-11-3-1-4-12-19)23-17-9-10-18-24(23)27(26)20-13-5-2-6-14-20/h1-18,25H. The van der Waals surface area contributed by atoms with Crippen molar-refractivity contribution in [1.29, 1.82) is 0 Å². The highest BCUT2D eigenvalue weighted by molar-refractivity contribution is 6.13. The highest BCUT2D eigenvalue weighted by atomic mass is 16.2. The Kier molecular flexibility index (Phi) is 4.02. The molecule has 2 heteroatoms. The Bertz CT molecular complexity index is 1140. The monoisotopic (exact) mass is 361 g/mol. The number of amides is 1. The first-order chi connectivity index (χ1) is 13.8. The molecule has 0 aliphatic carbocycles. The molecule has 1 unspecified atom stereocenters. The van der Waals surface area contributed by atoms with Crippen LogP contribution in [0.25, 0.3) is 0 Å². The molecular weight excluding hydrogens is 342 g/mol. The van der Waals surface area contributed by atoms with Gasteiger partial charge in [-0.2, -0.15) is 0 Å². The van der Waals surface area contributed by atoms with Crippen LogP contribution in [0.3, 0.4) is 0 Å². The zero-order valence-corrected chi connectivity index (χ0v) is 15.3. The third kappa shape index (κ3) is 2.62. The summed E-state index contributed by atoms with van der Waals surface area (Å²) in [7, 11) is 0. The number of benzene rings is 4. The quantitative estimate of drug-likeness (QED) is 0.419. The van der Waals surface area contributed by atoms with Crippen molar-refractivity contribution in [3.8, 4) is 0 Å². The van der Waals surface area contributed by atoms with Crippen LogP contribution < -0.4 is 4.90 Å². The second-order valence-corrected chi connectivity index (χ2v) is 6.97. The van der Waals surface area contributed by atoms with E-state index in [1.165, 1.54) is 5.56 Å². The van der Waals surface area contributed by atoms with E-state index >= 15 is 0 Å². The van der Waals surface area contributed by atoms with Gasteiger partial charge in [-0.3, -0.25) is 9.69 Å². The van der Waals surface area contributed by atoms with E-state index in [0.29, 0.717) is 0 Å². The molecule has 0 saturated carbocycles. The molecule has 0 spiro atoms.